The maximum atomic E-state index is 13.4. The fourth-order valence-corrected chi connectivity index (χ4v) is 3.39. The van der Waals surface area contributed by atoms with Crippen molar-refractivity contribution in [2.24, 2.45) is 5.41 Å². The standard InChI is InChI=1S/C14H13F6N3O/c15-9-3-8(4-21-5-9)10-1-2-22-7-13(11(16)17,6-14(18,19)20)12(24)23(10)22/h3-5,10-11H,1-2,6-7H2/t10-,13?/m0/s1. The summed E-state index contributed by atoms with van der Waals surface area (Å²) in [4.78, 5) is 16.1. The smallest absolute Gasteiger partial charge is 0.272 e. The van der Waals surface area contributed by atoms with E-state index in [4.69, 9.17) is 0 Å². The summed E-state index contributed by atoms with van der Waals surface area (Å²) in [6.07, 6.45) is -7.72. The fourth-order valence-electron chi connectivity index (χ4n) is 3.39. The van der Waals surface area contributed by atoms with Gasteiger partial charge in [0, 0.05) is 19.3 Å². The van der Waals surface area contributed by atoms with Gasteiger partial charge in [0.25, 0.3) is 12.3 Å². The number of pyridine rings is 1. The maximum Gasteiger partial charge on any atom is 0.390 e. The molecule has 0 aliphatic carbocycles. The van der Waals surface area contributed by atoms with E-state index in [0.717, 1.165) is 17.3 Å². The van der Waals surface area contributed by atoms with Crippen molar-refractivity contribution in [3.05, 3.63) is 29.8 Å². The Morgan fingerprint density at radius 1 is 1.33 bits per heavy atom. The minimum atomic E-state index is -4.90. The van der Waals surface area contributed by atoms with Crippen LogP contribution in [0.4, 0.5) is 26.3 Å². The first-order valence-electron chi connectivity index (χ1n) is 7.18. The van der Waals surface area contributed by atoms with Crippen LogP contribution in [0.25, 0.3) is 0 Å². The van der Waals surface area contributed by atoms with Crippen LogP contribution < -0.4 is 0 Å². The molecular weight excluding hydrogens is 340 g/mol. The topological polar surface area (TPSA) is 36.4 Å². The molecule has 0 bridgehead atoms. The summed E-state index contributed by atoms with van der Waals surface area (Å²) in [5.41, 5.74) is -2.56. The van der Waals surface area contributed by atoms with E-state index in [1.165, 1.54) is 11.2 Å². The van der Waals surface area contributed by atoms with Gasteiger partial charge < -0.3 is 0 Å². The summed E-state index contributed by atoms with van der Waals surface area (Å²) in [6, 6.07) is 0.301. The number of alkyl halides is 5. The molecule has 2 aliphatic rings. The van der Waals surface area contributed by atoms with Crippen LogP contribution in [0.2, 0.25) is 0 Å². The maximum absolute atomic E-state index is 13.4. The van der Waals surface area contributed by atoms with Crippen LogP contribution in [0, 0.1) is 11.2 Å². The van der Waals surface area contributed by atoms with E-state index < -0.39 is 48.7 Å². The highest BCUT2D eigenvalue weighted by Crippen LogP contribution is 2.49. The van der Waals surface area contributed by atoms with Crippen molar-refractivity contribution < 1.29 is 31.1 Å². The van der Waals surface area contributed by atoms with Crippen molar-refractivity contribution in [3.63, 3.8) is 0 Å². The largest absolute Gasteiger partial charge is 0.390 e. The number of fused-ring (bicyclic) bond motifs is 1. The highest BCUT2D eigenvalue weighted by Gasteiger charge is 2.63. The third-order valence-electron chi connectivity index (χ3n) is 4.40. The third-order valence-corrected chi connectivity index (χ3v) is 4.40. The monoisotopic (exact) mass is 353 g/mol. The molecule has 4 nitrogen and oxygen atoms in total. The predicted molar refractivity (Wildman–Crippen MR) is 69.1 cm³/mol. The van der Waals surface area contributed by atoms with Crippen LogP contribution in [-0.4, -0.2) is 46.6 Å². The number of hydrogen-bond donors (Lipinski definition) is 0. The van der Waals surface area contributed by atoms with Crippen molar-refractivity contribution in [2.45, 2.75) is 31.5 Å². The Morgan fingerprint density at radius 3 is 2.62 bits per heavy atom. The van der Waals surface area contributed by atoms with Crippen molar-refractivity contribution in [1.82, 2.24) is 15.0 Å². The van der Waals surface area contributed by atoms with Crippen molar-refractivity contribution in [3.8, 4) is 0 Å². The van der Waals surface area contributed by atoms with Gasteiger partial charge in [-0.25, -0.2) is 18.2 Å². The van der Waals surface area contributed by atoms with Gasteiger partial charge in [-0.3, -0.25) is 14.8 Å². The van der Waals surface area contributed by atoms with Crippen molar-refractivity contribution in [1.29, 1.82) is 0 Å². The lowest BCUT2D eigenvalue weighted by Gasteiger charge is -2.28. The Bertz CT molecular complexity index is 652. The SMILES string of the molecule is O=C1N2[C@H](c3cncc(F)c3)CCN2CC1(CC(F)(F)F)C(F)F. The lowest BCUT2D eigenvalue weighted by molar-refractivity contribution is -0.184. The number of aromatic nitrogens is 1. The number of rotatable bonds is 3. The van der Waals surface area contributed by atoms with Gasteiger partial charge in [0.1, 0.15) is 11.2 Å². The average molecular weight is 353 g/mol. The molecule has 0 N–H and O–H groups in total. The summed E-state index contributed by atoms with van der Waals surface area (Å²) in [6.45, 7) is -0.568. The first-order chi connectivity index (χ1) is 11.1. The minimum absolute atomic E-state index is 0.138. The van der Waals surface area contributed by atoms with E-state index in [0.29, 0.717) is 6.42 Å². The fraction of sp³-hybridized carbons (Fsp3) is 0.571. The molecule has 3 rings (SSSR count). The van der Waals surface area contributed by atoms with Crippen LogP contribution >= 0.6 is 0 Å². The first-order valence-corrected chi connectivity index (χ1v) is 7.18. The number of nitrogens with zero attached hydrogens (tertiary/aromatic N) is 3. The second-order valence-electron chi connectivity index (χ2n) is 6.03. The lowest BCUT2D eigenvalue weighted by Crippen LogP contribution is -2.44. The molecule has 0 saturated carbocycles. The van der Waals surface area contributed by atoms with Gasteiger partial charge in [-0.1, -0.05) is 0 Å². The molecule has 2 aliphatic heterocycles. The number of hydrogen-bond acceptors (Lipinski definition) is 3. The van der Waals surface area contributed by atoms with E-state index in [1.807, 2.05) is 0 Å². The Kier molecular flexibility index (Phi) is 3.97. The van der Waals surface area contributed by atoms with Crippen LogP contribution in [0.5, 0.6) is 0 Å². The zero-order chi connectivity index (χ0) is 17.7. The average Bonchev–Trinajstić information content (AvgIpc) is 2.97. The van der Waals surface area contributed by atoms with Crippen LogP contribution in [-0.2, 0) is 4.79 Å². The lowest BCUT2D eigenvalue weighted by atomic mass is 9.83. The molecule has 2 fully saturated rings. The summed E-state index contributed by atoms with van der Waals surface area (Å²) in [5, 5.41) is 2.10. The minimum Gasteiger partial charge on any atom is -0.272 e. The quantitative estimate of drug-likeness (QED) is 0.784. The molecule has 3 heterocycles. The van der Waals surface area contributed by atoms with Gasteiger partial charge in [0.15, 0.2) is 0 Å². The van der Waals surface area contributed by atoms with Crippen LogP contribution in [0.15, 0.2) is 18.5 Å². The highest BCUT2D eigenvalue weighted by molar-refractivity contribution is 5.86. The van der Waals surface area contributed by atoms with Gasteiger partial charge in [-0.2, -0.15) is 13.2 Å². The van der Waals surface area contributed by atoms with Crippen LogP contribution in [0.1, 0.15) is 24.4 Å². The second kappa shape index (κ2) is 5.61. The molecule has 1 unspecified atom stereocenters. The van der Waals surface area contributed by atoms with Gasteiger partial charge in [0.2, 0.25) is 0 Å². The molecule has 0 aromatic carbocycles. The van der Waals surface area contributed by atoms with E-state index in [-0.39, 0.29) is 12.1 Å². The second-order valence-corrected chi connectivity index (χ2v) is 6.03. The molecule has 1 aromatic rings. The molecule has 0 spiro atoms. The first kappa shape index (κ1) is 17.0. The molecule has 1 amide bonds. The van der Waals surface area contributed by atoms with E-state index in [1.54, 1.807) is 0 Å². The number of carbonyl (C=O) groups excluding carboxylic acids is 1. The summed E-state index contributed by atoms with van der Waals surface area (Å²) in [5.74, 6) is -1.95. The Labute approximate surface area is 133 Å². The Hall–Kier alpha value is -1.84. The van der Waals surface area contributed by atoms with Gasteiger partial charge >= 0.3 is 6.18 Å². The molecule has 10 heteroatoms. The molecule has 0 radical (unpaired) electrons. The molecule has 2 saturated heterocycles. The molecule has 2 atom stereocenters. The Morgan fingerprint density at radius 2 is 2.04 bits per heavy atom. The molecular formula is C14H13F6N3O. The molecule has 24 heavy (non-hydrogen) atoms. The molecule has 132 valence electrons. The number of amides is 1. The zero-order valence-electron chi connectivity index (χ0n) is 12.2. The van der Waals surface area contributed by atoms with Crippen molar-refractivity contribution in [2.75, 3.05) is 13.1 Å². The normalized spacial score (nSPS) is 28.0. The summed E-state index contributed by atoms with van der Waals surface area (Å²) >= 11 is 0. The van der Waals surface area contributed by atoms with E-state index >= 15 is 0 Å². The number of halogens is 6. The van der Waals surface area contributed by atoms with Crippen LogP contribution in [0.3, 0.4) is 0 Å². The third kappa shape index (κ3) is 2.72. The van der Waals surface area contributed by atoms with Gasteiger partial charge in [-0.05, 0) is 18.1 Å². The summed E-state index contributed by atoms with van der Waals surface area (Å²) in [7, 11) is 0. The Balaban J connectivity index is 1.94. The molecule has 1 aromatic heterocycles. The van der Waals surface area contributed by atoms with Gasteiger partial charge in [-0.15, -0.1) is 0 Å². The highest BCUT2D eigenvalue weighted by atomic mass is 19.4. The van der Waals surface area contributed by atoms with Crippen molar-refractivity contribution >= 4 is 5.91 Å². The van der Waals surface area contributed by atoms with E-state index in [2.05, 4.69) is 4.98 Å². The zero-order valence-corrected chi connectivity index (χ0v) is 12.2. The predicted octanol–water partition coefficient (Wildman–Crippen LogP) is 2.93. The number of carbonyl (C=O) groups is 1. The summed E-state index contributed by atoms with van der Waals surface area (Å²) < 4.78 is 78.4. The number of hydrazine groups is 1. The van der Waals surface area contributed by atoms with Gasteiger partial charge in [0.05, 0.1) is 18.7 Å². The van der Waals surface area contributed by atoms with E-state index in [9.17, 15) is 31.1 Å².